The van der Waals surface area contributed by atoms with E-state index in [4.69, 9.17) is 16.3 Å². The Hall–Kier alpha value is -0.0500. The van der Waals surface area contributed by atoms with Crippen LogP contribution in [0.15, 0.2) is 24.3 Å². The van der Waals surface area contributed by atoms with Crippen molar-refractivity contribution in [2.45, 2.75) is 32.8 Å². The van der Waals surface area contributed by atoms with Crippen molar-refractivity contribution < 1.29 is 4.74 Å². The van der Waals surface area contributed by atoms with Crippen LogP contribution in [0, 0.1) is 5.92 Å². The summed E-state index contributed by atoms with van der Waals surface area (Å²) in [5.74, 6) is 0.604. The zero-order valence-electron chi connectivity index (χ0n) is 10.5. The predicted octanol–water partition coefficient (Wildman–Crippen LogP) is 4.71. The summed E-state index contributed by atoms with van der Waals surface area (Å²) in [6, 6.07) is 8.09. The normalized spacial score (nSPS) is 13.0. The molecule has 96 valence electrons. The number of halogens is 2. The van der Waals surface area contributed by atoms with Crippen LogP contribution in [0.1, 0.15) is 25.8 Å². The lowest BCUT2D eigenvalue weighted by Crippen LogP contribution is -2.12. The van der Waals surface area contributed by atoms with Gasteiger partial charge < -0.3 is 4.74 Å². The Kier molecular flexibility index (Phi) is 7.17. The van der Waals surface area contributed by atoms with E-state index in [1.54, 1.807) is 0 Å². The number of hydrogen-bond acceptors (Lipinski definition) is 1. The number of ether oxygens (including phenoxy) is 1. The third-order valence-corrected chi connectivity index (χ3v) is 3.76. The first kappa shape index (κ1) is 15.0. The molecule has 0 heterocycles. The molecule has 0 aliphatic rings. The van der Waals surface area contributed by atoms with E-state index in [-0.39, 0.29) is 0 Å². The Morgan fingerprint density at radius 2 is 2.12 bits per heavy atom. The molecule has 1 atom stereocenters. The molecule has 0 aliphatic heterocycles. The lowest BCUT2D eigenvalue weighted by atomic mass is 9.98. The Morgan fingerprint density at radius 1 is 1.35 bits per heavy atom. The van der Waals surface area contributed by atoms with Crippen LogP contribution in [-0.2, 0) is 11.2 Å². The first-order chi connectivity index (χ1) is 8.11. The van der Waals surface area contributed by atoms with E-state index in [1.165, 1.54) is 5.56 Å². The van der Waals surface area contributed by atoms with Crippen molar-refractivity contribution in [3.8, 4) is 0 Å². The van der Waals surface area contributed by atoms with Crippen LogP contribution in [0.5, 0.6) is 0 Å². The lowest BCUT2D eigenvalue weighted by molar-refractivity contribution is 0.0701. The van der Waals surface area contributed by atoms with Gasteiger partial charge in [0.15, 0.2) is 0 Å². The van der Waals surface area contributed by atoms with Gasteiger partial charge >= 0.3 is 0 Å². The summed E-state index contributed by atoms with van der Waals surface area (Å²) in [6.07, 6.45) is 2.44. The van der Waals surface area contributed by atoms with Gasteiger partial charge in [-0.2, -0.15) is 0 Å². The topological polar surface area (TPSA) is 9.23 Å². The molecule has 0 aliphatic carbocycles. The summed E-state index contributed by atoms with van der Waals surface area (Å²) in [6.45, 7) is 4.97. The van der Waals surface area contributed by atoms with Gasteiger partial charge in [0.25, 0.3) is 0 Å². The van der Waals surface area contributed by atoms with Crippen LogP contribution in [0.25, 0.3) is 0 Å². The minimum Gasteiger partial charge on any atom is -0.379 e. The molecule has 1 aromatic carbocycles. The van der Waals surface area contributed by atoms with Crippen molar-refractivity contribution in [3.63, 3.8) is 0 Å². The molecule has 1 nitrogen and oxygen atoms in total. The van der Waals surface area contributed by atoms with Gasteiger partial charge in [0.1, 0.15) is 0 Å². The molecule has 0 radical (unpaired) electrons. The van der Waals surface area contributed by atoms with Gasteiger partial charge in [-0.25, -0.2) is 0 Å². The van der Waals surface area contributed by atoms with Crippen LogP contribution in [0.4, 0.5) is 0 Å². The molecule has 1 aromatic rings. The summed E-state index contributed by atoms with van der Waals surface area (Å²) in [7, 11) is 0. The summed E-state index contributed by atoms with van der Waals surface area (Å²) in [4.78, 5) is 0. The Labute approximate surface area is 118 Å². The van der Waals surface area contributed by atoms with Crippen LogP contribution < -0.4 is 0 Å². The maximum atomic E-state index is 5.98. The van der Waals surface area contributed by atoms with Crippen molar-refractivity contribution in [1.29, 1.82) is 0 Å². The zero-order chi connectivity index (χ0) is 12.7. The second kappa shape index (κ2) is 8.12. The van der Waals surface area contributed by atoms with E-state index in [9.17, 15) is 0 Å². The molecule has 0 amide bonds. The molecule has 3 heteroatoms. The third-order valence-electron chi connectivity index (χ3n) is 2.61. The average Bonchev–Trinajstić information content (AvgIpc) is 2.27. The summed E-state index contributed by atoms with van der Waals surface area (Å²) in [5.41, 5.74) is 1.30. The number of rotatable bonds is 7. The molecule has 0 fully saturated rings. The average molecular weight is 320 g/mol. The van der Waals surface area contributed by atoms with E-state index >= 15 is 0 Å². The minimum atomic E-state index is 0.317. The lowest BCUT2D eigenvalue weighted by Gasteiger charge is -2.15. The Bertz CT molecular complexity index is 328. The molecule has 0 aromatic heterocycles. The van der Waals surface area contributed by atoms with Crippen molar-refractivity contribution in [3.05, 3.63) is 34.9 Å². The molecule has 0 bridgehead atoms. The zero-order valence-corrected chi connectivity index (χ0v) is 12.8. The van der Waals surface area contributed by atoms with E-state index in [0.29, 0.717) is 12.0 Å². The third kappa shape index (κ3) is 6.44. The van der Waals surface area contributed by atoms with Crippen LogP contribution in [-0.4, -0.2) is 18.0 Å². The second-order valence-corrected chi connectivity index (χ2v) is 5.65. The summed E-state index contributed by atoms with van der Waals surface area (Å²) >= 11 is 9.55. The number of hydrogen-bond donors (Lipinski definition) is 0. The van der Waals surface area contributed by atoms with Gasteiger partial charge in [-0.3, -0.25) is 0 Å². The van der Waals surface area contributed by atoms with E-state index in [2.05, 4.69) is 35.8 Å². The molecule has 0 saturated carbocycles. The van der Waals surface area contributed by atoms with E-state index in [1.807, 2.05) is 18.2 Å². The molecule has 1 rings (SSSR count). The highest BCUT2D eigenvalue weighted by Gasteiger charge is 2.09. The maximum Gasteiger partial charge on any atom is 0.0518 e. The Morgan fingerprint density at radius 3 is 2.71 bits per heavy atom. The van der Waals surface area contributed by atoms with Gasteiger partial charge in [0, 0.05) is 17.0 Å². The quantitative estimate of drug-likeness (QED) is 0.661. The number of benzene rings is 1. The highest BCUT2D eigenvalue weighted by atomic mass is 79.9. The van der Waals surface area contributed by atoms with Crippen molar-refractivity contribution in [2.75, 3.05) is 11.9 Å². The van der Waals surface area contributed by atoms with Gasteiger partial charge in [-0.1, -0.05) is 39.7 Å². The van der Waals surface area contributed by atoms with Crippen molar-refractivity contribution in [1.82, 2.24) is 0 Å². The monoisotopic (exact) mass is 318 g/mol. The molecule has 17 heavy (non-hydrogen) atoms. The van der Waals surface area contributed by atoms with E-state index < -0.39 is 0 Å². The predicted molar refractivity (Wildman–Crippen MR) is 78.1 cm³/mol. The smallest absolute Gasteiger partial charge is 0.0518 e. The maximum absolute atomic E-state index is 5.98. The fourth-order valence-electron chi connectivity index (χ4n) is 1.70. The van der Waals surface area contributed by atoms with Crippen LogP contribution in [0.2, 0.25) is 5.02 Å². The fraction of sp³-hybridized carbons (Fsp3) is 0.571. The van der Waals surface area contributed by atoms with Crippen molar-refractivity contribution in [2.24, 2.45) is 5.92 Å². The SMILES string of the molecule is CC(C)OCCC(CBr)Cc1cccc(Cl)c1. The molecule has 0 N–H and O–H groups in total. The van der Waals surface area contributed by atoms with Crippen molar-refractivity contribution >= 4 is 27.5 Å². The standard InChI is InChI=1S/C14H20BrClO/c1-11(2)17-7-6-13(10-15)8-12-4-3-5-14(16)9-12/h3-5,9,11,13H,6-8,10H2,1-2H3. The molecule has 0 spiro atoms. The van der Waals surface area contributed by atoms with E-state index in [0.717, 1.165) is 29.8 Å². The summed E-state index contributed by atoms with van der Waals surface area (Å²) in [5, 5.41) is 1.82. The molecular weight excluding hydrogens is 300 g/mol. The largest absolute Gasteiger partial charge is 0.379 e. The van der Waals surface area contributed by atoms with Gasteiger partial charge in [0.05, 0.1) is 6.10 Å². The summed E-state index contributed by atoms with van der Waals surface area (Å²) < 4.78 is 5.59. The highest BCUT2D eigenvalue weighted by Crippen LogP contribution is 2.18. The first-order valence-electron chi connectivity index (χ1n) is 6.03. The molecule has 1 unspecified atom stereocenters. The Balaban J connectivity index is 2.41. The highest BCUT2D eigenvalue weighted by molar-refractivity contribution is 9.09. The van der Waals surface area contributed by atoms with Gasteiger partial charge in [-0.05, 0) is 50.3 Å². The minimum absolute atomic E-state index is 0.317. The fourth-order valence-corrected chi connectivity index (χ4v) is 2.47. The molecule has 0 saturated heterocycles. The van der Waals surface area contributed by atoms with Crippen LogP contribution in [0.3, 0.4) is 0 Å². The van der Waals surface area contributed by atoms with Gasteiger partial charge in [0.2, 0.25) is 0 Å². The second-order valence-electron chi connectivity index (χ2n) is 4.56. The molecular formula is C14H20BrClO. The first-order valence-corrected chi connectivity index (χ1v) is 7.53. The number of alkyl halides is 1. The van der Waals surface area contributed by atoms with Gasteiger partial charge in [-0.15, -0.1) is 0 Å². The van der Waals surface area contributed by atoms with Crippen LogP contribution >= 0.6 is 27.5 Å².